The molecule has 4 rings (SSSR count). The Morgan fingerprint density at radius 2 is 1.61 bits per heavy atom. The van der Waals surface area contributed by atoms with Crippen LogP contribution in [0.4, 0.5) is 19.3 Å². The van der Waals surface area contributed by atoms with Crippen LogP contribution in [0, 0.1) is 11.6 Å². The van der Waals surface area contributed by atoms with Crippen LogP contribution in [0.2, 0.25) is 0 Å². The van der Waals surface area contributed by atoms with Crippen molar-refractivity contribution >= 4 is 39.5 Å². The van der Waals surface area contributed by atoms with E-state index in [1.54, 1.807) is 24.3 Å². The molecule has 192 valence electrons. The summed E-state index contributed by atoms with van der Waals surface area (Å²) in [6.45, 7) is 0.361. The molecule has 4 amide bonds. The molecule has 4 N–H and O–H groups in total. The number of hydrogen-bond donors (Lipinski definition) is 3. The van der Waals surface area contributed by atoms with Gasteiger partial charge in [0, 0.05) is 47.0 Å². The molecule has 1 saturated carbocycles. The average Bonchev–Trinajstić information content (AvgIpc) is 2.84. The number of nitrogens with zero attached hydrogens (tertiary/aromatic N) is 2. The minimum Gasteiger partial charge on any atom is -0.350 e. The second kappa shape index (κ2) is 11.3. The van der Waals surface area contributed by atoms with E-state index in [1.165, 1.54) is 9.80 Å². The van der Waals surface area contributed by atoms with Crippen molar-refractivity contribution in [3.63, 3.8) is 0 Å². The lowest BCUT2D eigenvalue weighted by Gasteiger charge is -2.43. The van der Waals surface area contributed by atoms with Gasteiger partial charge in [0.15, 0.2) is 6.17 Å². The number of halogens is 3. The van der Waals surface area contributed by atoms with E-state index in [2.05, 4.69) is 26.6 Å². The minimum atomic E-state index is -1.29. The zero-order valence-electron chi connectivity index (χ0n) is 19.6. The zero-order valence-corrected chi connectivity index (χ0v) is 21.1. The van der Waals surface area contributed by atoms with Gasteiger partial charge in [-0.25, -0.2) is 13.6 Å². The van der Waals surface area contributed by atoms with E-state index >= 15 is 0 Å². The van der Waals surface area contributed by atoms with Crippen LogP contribution in [0.15, 0.2) is 46.9 Å². The van der Waals surface area contributed by atoms with Crippen LogP contribution in [-0.4, -0.2) is 59.0 Å². The van der Waals surface area contributed by atoms with Crippen LogP contribution < -0.4 is 16.4 Å². The molecule has 36 heavy (non-hydrogen) atoms. The fourth-order valence-corrected chi connectivity index (χ4v) is 5.08. The second-order valence-corrected chi connectivity index (χ2v) is 10.1. The molecule has 2 fully saturated rings. The first-order valence-corrected chi connectivity index (χ1v) is 12.7. The van der Waals surface area contributed by atoms with Gasteiger partial charge in [-0.1, -0.05) is 22.0 Å². The van der Waals surface area contributed by atoms with Gasteiger partial charge in [-0.05, 0) is 62.4 Å². The Balaban J connectivity index is 1.61. The fraction of sp³-hybridized carbons (Fsp3) is 0.400. The molecule has 1 aliphatic heterocycles. The third-order valence-electron chi connectivity index (χ3n) is 6.45. The van der Waals surface area contributed by atoms with Gasteiger partial charge in [-0.15, -0.1) is 0 Å². The van der Waals surface area contributed by atoms with Crippen molar-refractivity contribution in [1.82, 2.24) is 15.1 Å². The molecular weight excluding hydrogens is 536 g/mol. The molecular formula is C25H28BrF2N5O3. The molecule has 1 aliphatic carbocycles. The van der Waals surface area contributed by atoms with Crippen molar-refractivity contribution in [2.24, 2.45) is 5.73 Å². The highest BCUT2D eigenvalue weighted by atomic mass is 79.9. The third kappa shape index (κ3) is 6.19. The van der Waals surface area contributed by atoms with Gasteiger partial charge in [0.2, 0.25) is 0 Å². The average molecular weight is 564 g/mol. The van der Waals surface area contributed by atoms with E-state index < -0.39 is 35.6 Å². The predicted octanol–water partition coefficient (Wildman–Crippen LogP) is 3.82. The fourth-order valence-electron chi connectivity index (χ4n) is 4.68. The van der Waals surface area contributed by atoms with Crippen molar-refractivity contribution in [1.29, 1.82) is 0 Å². The number of carbonyl (C=O) groups is 3. The van der Waals surface area contributed by atoms with Gasteiger partial charge in [0.25, 0.3) is 11.8 Å². The largest absolute Gasteiger partial charge is 0.350 e. The maximum atomic E-state index is 13.9. The lowest BCUT2D eigenvalue weighted by Crippen LogP contribution is -2.65. The van der Waals surface area contributed by atoms with Crippen LogP contribution in [0.3, 0.4) is 0 Å². The first-order valence-electron chi connectivity index (χ1n) is 11.9. The summed E-state index contributed by atoms with van der Waals surface area (Å²) in [6, 6.07) is 8.85. The molecule has 1 heterocycles. The van der Waals surface area contributed by atoms with E-state index in [0.717, 1.165) is 29.4 Å². The van der Waals surface area contributed by atoms with Gasteiger partial charge in [-0.2, -0.15) is 0 Å². The Labute approximate surface area is 216 Å². The topological polar surface area (TPSA) is 108 Å². The van der Waals surface area contributed by atoms with Crippen LogP contribution in [0.5, 0.6) is 0 Å². The predicted molar refractivity (Wildman–Crippen MR) is 134 cm³/mol. The molecule has 1 saturated heterocycles. The number of urea groups is 1. The highest BCUT2D eigenvalue weighted by Gasteiger charge is 2.41. The highest BCUT2D eigenvalue weighted by Crippen LogP contribution is 2.23. The molecule has 1 atom stereocenters. The number of carbonyl (C=O) groups excluding carboxylic acids is 3. The lowest BCUT2D eigenvalue weighted by molar-refractivity contribution is -0.133. The van der Waals surface area contributed by atoms with Crippen molar-refractivity contribution in [3.8, 4) is 0 Å². The number of anilines is 1. The first-order chi connectivity index (χ1) is 17.2. The van der Waals surface area contributed by atoms with Crippen molar-refractivity contribution in [2.75, 3.05) is 18.4 Å². The Morgan fingerprint density at radius 3 is 2.28 bits per heavy atom. The number of benzene rings is 2. The summed E-state index contributed by atoms with van der Waals surface area (Å²) in [5.74, 6) is -3.07. The van der Waals surface area contributed by atoms with E-state index in [1.807, 2.05) is 0 Å². The van der Waals surface area contributed by atoms with E-state index in [0.29, 0.717) is 31.0 Å². The smallest absolute Gasteiger partial charge is 0.323 e. The van der Waals surface area contributed by atoms with Gasteiger partial charge < -0.3 is 21.3 Å². The van der Waals surface area contributed by atoms with Crippen LogP contribution in [0.25, 0.3) is 0 Å². The Morgan fingerprint density at radius 1 is 0.944 bits per heavy atom. The lowest BCUT2D eigenvalue weighted by atomic mass is 9.91. The molecule has 8 nitrogen and oxygen atoms in total. The summed E-state index contributed by atoms with van der Waals surface area (Å²) in [6.07, 6.45) is 1.99. The van der Waals surface area contributed by atoms with Crippen LogP contribution >= 0.6 is 15.9 Å². The quantitative estimate of drug-likeness (QED) is 0.525. The number of nitrogens with one attached hydrogen (secondary N) is 2. The number of hydrogen-bond acceptors (Lipinski definition) is 4. The van der Waals surface area contributed by atoms with Crippen molar-refractivity contribution < 1.29 is 23.2 Å². The van der Waals surface area contributed by atoms with Crippen LogP contribution in [-0.2, 0) is 4.79 Å². The number of rotatable bonds is 4. The molecule has 2 aromatic carbocycles. The first kappa shape index (κ1) is 26.0. The highest BCUT2D eigenvalue weighted by molar-refractivity contribution is 9.10. The molecule has 0 radical (unpaired) electrons. The molecule has 0 spiro atoms. The van der Waals surface area contributed by atoms with E-state index in [-0.39, 0.29) is 30.7 Å². The molecule has 1 unspecified atom stereocenters. The van der Waals surface area contributed by atoms with E-state index in [4.69, 9.17) is 5.73 Å². The van der Waals surface area contributed by atoms with Gasteiger partial charge >= 0.3 is 6.03 Å². The normalized spacial score (nSPS) is 22.2. The Kier molecular flexibility index (Phi) is 8.20. The maximum Gasteiger partial charge on any atom is 0.323 e. The van der Waals surface area contributed by atoms with Gasteiger partial charge in [0.1, 0.15) is 11.6 Å². The summed E-state index contributed by atoms with van der Waals surface area (Å²) in [5, 5.41) is 5.73. The summed E-state index contributed by atoms with van der Waals surface area (Å²) in [7, 11) is 0. The standard InChI is InChI=1S/C25H28BrF2N5O3/c26-16-3-1-4-21(13-16)31-25(36)33-10-2-9-32(24(35)15-11-17(27)14-18(28)12-15)23(33)22(34)30-20-7-5-19(29)6-8-20/h1,3-4,11-14,19-20,23H,2,5-10,29H2,(H,30,34)(H,31,36). The number of amides is 4. The summed E-state index contributed by atoms with van der Waals surface area (Å²) >= 11 is 3.36. The molecule has 11 heteroatoms. The Bertz CT molecular complexity index is 1120. The summed E-state index contributed by atoms with van der Waals surface area (Å²) < 4.78 is 28.5. The molecule has 0 aromatic heterocycles. The summed E-state index contributed by atoms with van der Waals surface area (Å²) in [5.41, 5.74) is 6.25. The molecule has 0 bridgehead atoms. The van der Waals surface area contributed by atoms with Crippen molar-refractivity contribution in [2.45, 2.75) is 50.4 Å². The number of nitrogens with two attached hydrogens (primary N) is 1. The molecule has 2 aromatic rings. The SMILES string of the molecule is NC1CCC(NC(=O)C2N(C(=O)Nc3cccc(Br)c3)CCCN2C(=O)c2cc(F)cc(F)c2)CC1. The molecule has 2 aliphatic rings. The third-order valence-corrected chi connectivity index (χ3v) is 6.94. The maximum absolute atomic E-state index is 13.9. The van der Waals surface area contributed by atoms with Crippen molar-refractivity contribution in [3.05, 3.63) is 64.1 Å². The van der Waals surface area contributed by atoms with Gasteiger partial charge in [-0.3, -0.25) is 14.5 Å². The van der Waals surface area contributed by atoms with E-state index in [9.17, 15) is 23.2 Å². The van der Waals surface area contributed by atoms with Gasteiger partial charge in [0.05, 0.1) is 0 Å². The zero-order chi connectivity index (χ0) is 25.8. The van der Waals surface area contributed by atoms with Crippen LogP contribution in [0.1, 0.15) is 42.5 Å². The Hall–Kier alpha value is -3.05. The minimum absolute atomic E-state index is 0.0845. The monoisotopic (exact) mass is 563 g/mol. The second-order valence-electron chi connectivity index (χ2n) is 9.14. The summed E-state index contributed by atoms with van der Waals surface area (Å²) in [4.78, 5) is 42.7.